The molecule has 0 aliphatic heterocycles. The van der Waals surface area contributed by atoms with Gasteiger partial charge in [-0.2, -0.15) is 0 Å². The number of phenols is 2. The van der Waals surface area contributed by atoms with Crippen molar-refractivity contribution in [2.24, 2.45) is 17.8 Å². The Morgan fingerprint density at radius 1 is 1.21 bits per heavy atom. The molecule has 0 saturated heterocycles. The van der Waals surface area contributed by atoms with Crippen molar-refractivity contribution in [2.75, 3.05) is 13.7 Å². The number of nitrogens with one attached hydrogen (secondary N) is 1. The monoisotopic (exact) mass is 407 g/mol. The molecule has 1 aliphatic carbocycles. The lowest BCUT2D eigenvalue weighted by molar-refractivity contribution is -0.126. The second-order valence-corrected chi connectivity index (χ2v) is 7.90. The zero-order valence-corrected chi connectivity index (χ0v) is 17.1. The van der Waals surface area contributed by atoms with Crippen LogP contribution in [0.3, 0.4) is 0 Å². The SMILES string of the molecule is COC(=O)Oc1cc(C(=O)NC[C@H](CC(=O)C2CCC2)CC(C)C)cc(O)c1O. The Morgan fingerprint density at radius 2 is 1.90 bits per heavy atom. The maximum atomic E-state index is 12.5. The van der Waals surface area contributed by atoms with Crippen molar-refractivity contribution in [2.45, 2.75) is 46.0 Å². The van der Waals surface area contributed by atoms with E-state index in [-0.39, 0.29) is 28.9 Å². The number of phenolic OH excluding ortho intramolecular Hbond substituents is 2. The number of amides is 1. The number of methoxy groups -OCH3 is 1. The van der Waals surface area contributed by atoms with Crippen molar-refractivity contribution in [1.82, 2.24) is 5.32 Å². The largest absolute Gasteiger partial charge is 0.513 e. The van der Waals surface area contributed by atoms with Crippen molar-refractivity contribution in [1.29, 1.82) is 0 Å². The Hall–Kier alpha value is -2.77. The molecule has 1 amide bonds. The first kappa shape index (κ1) is 22.5. The minimum Gasteiger partial charge on any atom is -0.504 e. The van der Waals surface area contributed by atoms with Crippen molar-refractivity contribution < 1.29 is 34.1 Å². The van der Waals surface area contributed by atoms with E-state index in [1.54, 1.807) is 0 Å². The van der Waals surface area contributed by atoms with Crippen LogP contribution in [0, 0.1) is 17.8 Å². The number of Topliss-reactive ketones (excluding diaryl/α,β-unsaturated/α-hetero) is 1. The summed E-state index contributed by atoms with van der Waals surface area (Å²) in [4.78, 5) is 36.1. The molecule has 1 atom stereocenters. The van der Waals surface area contributed by atoms with E-state index in [4.69, 9.17) is 4.74 Å². The lowest BCUT2D eigenvalue weighted by Crippen LogP contribution is -2.33. The molecule has 0 heterocycles. The molecule has 1 saturated carbocycles. The van der Waals surface area contributed by atoms with Crippen molar-refractivity contribution in [3.05, 3.63) is 17.7 Å². The maximum Gasteiger partial charge on any atom is 0.513 e. The third kappa shape index (κ3) is 6.37. The Balaban J connectivity index is 2.04. The molecule has 1 aromatic carbocycles. The Labute approximate surface area is 170 Å². The average molecular weight is 407 g/mol. The van der Waals surface area contributed by atoms with E-state index in [2.05, 4.69) is 23.9 Å². The van der Waals surface area contributed by atoms with Crippen LogP contribution in [-0.4, -0.2) is 41.7 Å². The maximum absolute atomic E-state index is 12.5. The fraction of sp³-hybridized carbons (Fsp3) is 0.571. The van der Waals surface area contributed by atoms with E-state index in [9.17, 15) is 24.6 Å². The van der Waals surface area contributed by atoms with Crippen LogP contribution in [0.5, 0.6) is 17.2 Å². The minimum atomic E-state index is -1.09. The van der Waals surface area contributed by atoms with Crippen LogP contribution in [0.15, 0.2) is 12.1 Å². The lowest BCUT2D eigenvalue weighted by Gasteiger charge is -2.27. The summed E-state index contributed by atoms with van der Waals surface area (Å²) in [5.41, 5.74) is 0.00724. The van der Waals surface area contributed by atoms with E-state index >= 15 is 0 Å². The number of ketones is 1. The average Bonchev–Trinajstić information content (AvgIpc) is 2.60. The molecular formula is C21H29NO7. The van der Waals surface area contributed by atoms with E-state index in [0.29, 0.717) is 18.9 Å². The van der Waals surface area contributed by atoms with Gasteiger partial charge >= 0.3 is 6.16 Å². The third-order valence-corrected chi connectivity index (χ3v) is 5.08. The zero-order chi connectivity index (χ0) is 21.6. The summed E-state index contributed by atoms with van der Waals surface area (Å²) in [6.07, 6.45) is 3.15. The summed E-state index contributed by atoms with van der Waals surface area (Å²) in [7, 11) is 1.09. The van der Waals surface area contributed by atoms with Crippen LogP contribution < -0.4 is 10.1 Å². The molecule has 29 heavy (non-hydrogen) atoms. The molecule has 8 heteroatoms. The molecule has 0 spiro atoms. The highest BCUT2D eigenvalue weighted by Crippen LogP contribution is 2.37. The second-order valence-electron chi connectivity index (χ2n) is 7.90. The number of hydrogen-bond donors (Lipinski definition) is 3. The van der Waals surface area contributed by atoms with E-state index < -0.39 is 23.6 Å². The Bertz CT molecular complexity index is 756. The van der Waals surface area contributed by atoms with Gasteiger partial charge in [0.2, 0.25) is 5.75 Å². The Kier molecular flexibility index (Phi) is 7.87. The van der Waals surface area contributed by atoms with Crippen molar-refractivity contribution in [3.8, 4) is 17.2 Å². The lowest BCUT2D eigenvalue weighted by atomic mass is 9.78. The number of ether oxygens (including phenoxy) is 2. The van der Waals surface area contributed by atoms with E-state index in [1.165, 1.54) is 0 Å². The summed E-state index contributed by atoms with van der Waals surface area (Å²) < 4.78 is 9.10. The van der Waals surface area contributed by atoms with Gasteiger partial charge in [-0.05, 0) is 43.2 Å². The molecule has 160 valence electrons. The topological polar surface area (TPSA) is 122 Å². The van der Waals surface area contributed by atoms with Gasteiger partial charge in [0.05, 0.1) is 7.11 Å². The molecule has 1 aromatic rings. The summed E-state index contributed by atoms with van der Waals surface area (Å²) in [5, 5.41) is 22.4. The van der Waals surface area contributed by atoms with Crippen molar-refractivity contribution >= 4 is 17.8 Å². The molecule has 3 N–H and O–H groups in total. The molecule has 0 bridgehead atoms. The number of hydrogen-bond acceptors (Lipinski definition) is 7. The smallest absolute Gasteiger partial charge is 0.504 e. The van der Waals surface area contributed by atoms with Crippen LogP contribution in [0.25, 0.3) is 0 Å². The van der Waals surface area contributed by atoms with Crippen LogP contribution in [0.2, 0.25) is 0 Å². The van der Waals surface area contributed by atoms with Gasteiger partial charge in [0, 0.05) is 24.4 Å². The van der Waals surface area contributed by atoms with Gasteiger partial charge in [-0.1, -0.05) is 20.3 Å². The van der Waals surface area contributed by atoms with Crippen LogP contribution in [0.4, 0.5) is 4.79 Å². The first-order valence-electron chi connectivity index (χ1n) is 9.83. The highest BCUT2D eigenvalue weighted by atomic mass is 16.7. The standard InChI is InChI=1S/C21H29NO7/c1-12(2)7-13(8-16(23)14-5-4-6-14)11-22-20(26)15-9-17(24)19(25)18(10-15)29-21(27)28-3/h9-10,12-14,24-25H,4-8,11H2,1-3H3,(H,22,26)/t13-/m0/s1. The van der Waals surface area contributed by atoms with Gasteiger partial charge in [0.25, 0.3) is 5.91 Å². The van der Waals surface area contributed by atoms with Gasteiger partial charge < -0.3 is 25.0 Å². The van der Waals surface area contributed by atoms with Crippen LogP contribution >= 0.6 is 0 Å². The molecule has 0 aromatic heterocycles. The third-order valence-electron chi connectivity index (χ3n) is 5.08. The molecular weight excluding hydrogens is 378 g/mol. The predicted molar refractivity (Wildman–Crippen MR) is 105 cm³/mol. The molecule has 0 unspecified atom stereocenters. The van der Waals surface area contributed by atoms with Crippen molar-refractivity contribution in [3.63, 3.8) is 0 Å². The van der Waals surface area contributed by atoms with E-state index in [0.717, 1.165) is 44.9 Å². The predicted octanol–water partition coefficient (Wildman–Crippen LogP) is 3.39. The second kappa shape index (κ2) is 10.1. The number of rotatable bonds is 9. The highest BCUT2D eigenvalue weighted by molar-refractivity contribution is 5.95. The molecule has 2 rings (SSSR count). The molecule has 0 radical (unpaired) electrons. The summed E-state index contributed by atoms with van der Waals surface area (Å²) >= 11 is 0. The first-order chi connectivity index (χ1) is 13.7. The normalized spacial score (nSPS) is 14.8. The number of aromatic hydroxyl groups is 2. The number of benzene rings is 1. The zero-order valence-electron chi connectivity index (χ0n) is 17.1. The Morgan fingerprint density at radius 3 is 2.45 bits per heavy atom. The fourth-order valence-corrected chi connectivity index (χ4v) is 3.36. The quantitative estimate of drug-likeness (QED) is 0.326. The number of carbonyl (C=O) groups is 3. The van der Waals surface area contributed by atoms with Gasteiger partial charge in [-0.15, -0.1) is 0 Å². The summed E-state index contributed by atoms with van der Waals surface area (Å²) in [6.45, 7) is 4.44. The van der Waals surface area contributed by atoms with Gasteiger partial charge in [0.1, 0.15) is 5.78 Å². The molecule has 1 fully saturated rings. The molecule has 1 aliphatic rings. The minimum absolute atomic E-state index is 0.00724. The fourth-order valence-electron chi connectivity index (χ4n) is 3.36. The number of carbonyl (C=O) groups excluding carboxylic acids is 3. The van der Waals surface area contributed by atoms with E-state index in [1.807, 2.05) is 0 Å². The van der Waals surface area contributed by atoms with Gasteiger partial charge in [-0.25, -0.2) is 4.79 Å². The van der Waals surface area contributed by atoms with Gasteiger partial charge in [-0.3, -0.25) is 9.59 Å². The first-order valence-corrected chi connectivity index (χ1v) is 9.83. The van der Waals surface area contributed by atoms with Gasteiger partial charge in [0.15, 0.2) is 11.5 Å². The molecule has 8 nitrogen and oxygen atoms in total. The summed E-state index contributed by atoms with van der Waals surface area (Å²) in [5.74, 6) is -1.36. The summed E-state index contributed by atoms with van der Waals surface area (Å²) in [6, 6.07) is 2.21. The van der Waals surface area contributed by atoms with Crippen LogP contribution in [-0.2, 0) is 9.53 Å². The highest BCUT2D eigenvalue weighted by Gasteiger charge is 2.28. The van der Waals surface area contributed by atoms with Crippen LogP contribution in [0.1, 0.15) is 56.3 Å².